The molecule has 0 saturated carbocycles. The van der Waals surface area contributed by atoms with Crippen molar-refractivity contribution < 1.29 is 0 Å². The van der Waals surface area contributed by atoms with E-state index in [1.165, 1.54) is 15.3 Å². The fraction of sp³-hybridized carbons (Fsp3) is 0.500. The fourth-order valence-corrected chi connectivity index (χ4v) is 2.31. The van der Waals surface area contributed by atoms with E-state index in [2.05, 4.69) is 37.4 Å². The lowest BCUT2D eigenvalue weighted by molar-refractivity contribution is 0.851. The molecule has 1 rings (SSSR count). The predicted octanol–water partition coefficient (Wildman–Crippen LogP) is 3.32. The fourth-order valence-electron chi connectivity index (χ4n) is 1.37. The lowest BCUT2D eigenvalue weighted by Gasteiger charge is -2.01. The van der Waals surface area contributed by atoms with Gasteiger partial charge in [0.2, 0.25) is 0 Å². The molecule has 0 aliphatic rings. The zero-order chi connectivity index (χ0) is 10.4. The van der Waals surface area contributed by atoms with Crippen molar-refractivity contribution in [1.29, 1.82) is 0 Å². The van der Waals surface area contributed by atoms with E-state index in [-0.39, 0.29) is 0 Å². The van der Waals surface area contributed by atoms with Crippen molar-refractivity contribution in [1.82, 2.24) is 5.32 Å². The summed E-state index contributed by atoms with van der Waals surface area (Å²) in [5.74, 6) is 0. The Morgan fingerprint density at radius 1 is 1.43 bits per heavy atom. The van der Waals surface area contributed by atoms with Crippen molar-refractivity contribution in [2.24, 2.45) is 0 Å². The molecule has 0 spiro atoms. The van der Waals surface area contributed by atoms with Crippen LogP contribution in [0.5, 0.6) is 0 Å². The summed E-state index contributed by atoms with van der Waals surface area (Å²) in [6.07, 6.45) is 4.58. The van der Waals surface area contributed by atoms with E-state index in [9.17, 15) is 0 Å². The second-order valence-corrected chi connectivity index (χ2v) is 4.54. The molecule has 0 saturated heterocycles. The summed E-state index contributed by atoms with van der Waals surface area (Å²) in [4.78, 5) is 2.85. The van der Waals surface area contributed by atoms with Crippen LogP contribution in [0.4, 0.5) is 0 Å². The van der Waals surface area contributed by atoms with Gasteiger partial charge in [-0.3, -0.25) is 0 Å². The molecule has 0 aromatic carbocycles. The zero-order valence-electron chi connectivity index (χ0n) is 9.26. The first-order chi connectivity index (χ1) is 6.80. The van der Waals surface area contributed by atoms with Gasteiger partial charge in [0.15, 0.2) is 0 Å². The summed E-state index contributed by atoms with van der Waals surface area (Å²) >= 11 is 1.90. The van der Waals surface area contributed by atoms with Gasteiger partial charge < -0.3 is 5.32 Å². The van der Waals surface area contributed by atoms with E-state index >= 15 is 0 Å². The molecule has 0 radical (unpaired) electrons. The summed E-state index contributed by atoms with van der Waals surface area (Å²) in [6, 6.07) is 4.44. The maximum Gasteiger partial charge on any atom is 0.0273 e. The molecule has 0 unspecified atom stereocenters. The van der Waals surface area contributed by atoms with Crippen LogP contribution in [0.15, 0.2) is 17.7 Å². The van der Waals surface area contributed by atoms with Crippen LogP contribution in [-0.2, 0) is 6.42 Å². The molecule has 0 atom stereocenters. The van der Waals surface area contributed by atoms with Gasteiger partial charge in [0.25, 0.3) is 0 Å². The van der Waals surface area contributed by atoms with E-state index < -0.39 is 0 Å². The molecule has 0 aliphatic heterocycles. The van der Waals surface area contributed by atoms with Crippen molar-refractivity contribution >= 4 is 17.4 Å². The maximum absolute atomic E-state index is 3.20. The maximum atomic E-state index is 3.20. The monoisotopic (exact) mass is 209 g/mol. The predicted molar refractivity (Wildman–Crippen MR) is 65.9 cm³/mol. The average Bonchev–Trinajstić information content (AvgIpc) is 2.65. The van der Waals surface area contributed by atoms with Gasteiger partial charge in [0.05, 0.1) is 0 Å². The molecule has 0 fully saturated rings. The van der Waals surface area contributed by atoms with E-state index in [0.717, 1.165) is 19.4 Å². The molecule has 14 heavy (non-hydrogen) atoms. The lowest BCUT2D eigenvalue weighted by atomic mass is 10.2. The molecule has 1 heterocycles. The third kappa shape index (κ3) is 3.28. The van der Waals surface area contributed by atoms with Crippen LogP contribution in [0.25, 0.3) is 6.08 Å². The number of hydrogen-bond acceptors (Lipinski definition) is 2. The third-order valence-electron chi connectivity index (χ3n) is 2.24. The summed E-state index contributed by atoms with van der Waals surface area (Å²) in [6.45, 7) is 5.40. The number of aryl methyl sites for hydroxylation is 1. The number of nitrogens with one attached hydrogen (secondary N) is 1. The Kier molecular flexibility index (Phi) is 4.91. The van der Waals surface area contributed by atoms with Gasteiger partial charge in [-0.2, -0.15) is 0 Å². The average molecular weight is 209 g/mol. The van der Waals surface area contributed by atoms with Crippen LogP contribution in [0.2, 0.25) is 0 Å². The number of thiophene rings is 1. The summed E-state index contributed by atoms with van der Waals surface area (Å²) in [5.41, 5.74) is 1.47. The van der Waals surface area contributed by atoms with Crippen LogP contribution in [0.3, 0.4) is 0 Å². The minimum absolute atomic E-state index is 0.996. The summed E-state index contributed by atoms with van der Waals surface area (Å²) in [7, 11) is 2.00. The van der Waals surface area contributed by atoms with Gasteiger partial charge in [-0.05, 0) is 38.1 Å². The number of hydrogen-bond donors (Lipinski definition) is 1. The lowest BCUT2D eigenvalue weighted by Crippen LogP contribution is -2.09. The van der Waals surface area contributed by atoms with Crippen molar-refractivity contribution in [3.63, 3.8) is 0 Å². The summed E-state index contributed by atoms with van der Waals surface area (Å²) < 4.78 is 0. The number of rotatable bonds is 5. The Hall–Kier alpha value is -0.600. The van der Waals surface area contributed by atoms with Crippen molar-refractivity contribution in [3.8, 4) is 0 Å². The molecule has 1 aromatic rings. The standard InChI is InChI=1S/C12H19NS/c1-4-10(9-13-3)8-12-7-6-11(5-2)14-12/h6-8,13H,4-5,9H2,1-3H3. The third-order valence-corrected chi connectivity index (χ3v) is 3.41. The van der Waals surface area contributed by atoms with Crippen LogP contribution in [-0.4, -0.2) is 13.6 Å². The largest absolute Gasteiger partial charge is 0.316 e. The molecule has 0 bridgehead atoms. The molecule has 1 nitrogen and oxygen atoms in total. The zero-order valence-corrected chi connectivity index (χ0v) is 10.1. The first-order valence-corrected chi connectivity index (χ1v) is 6.04. The highest BCUT2D eigenvalue weighted by atomic mass is 32.1. The van der Waals surface area contributed by atoms with Crippen molar-refractivity contribution in [3.05, 3.63) is 27.5 Å². The Bertz CT molecular complexity index is 299. The second kappa shape index (κ2) is 5.99. The number of likely N-dealkylation sites (N-methyl/N-ethyl adjacent to an activating group) is 1. The topological polar surface area (TPSA) is 12.0 Å². The Balaban J connectivity index is 2.72. The van der Waals surface area contributed by atoms with Gasteiger partial charge in [-0.15, -0.1) is 11.3 Å². The van der Waals surface area contributed by atoms with E-state index in [1.807, 2.05) is 18.4 Å². The quantitative estimate of drug-likeness (QED) is 0.784. The van der Waals surface area contributed by atoms with Gasteiger partial charge in [0.1, 0.15) is 0 Å². The second-order valence-electron chi connectivity index (χ2n) is 3.34. The van der Waals surface area contributed by atoms with E-state index in [1.54, 1.807) is 0 Å². The molecule has 78 valence electrons. The summed E-state index contributed by atoms with van der Waals surface area (Å²) in [5, 5.41) is 3.20. The first-order valence-electron chi connectivity index (χ1n) is 5.22. The molecular weight excluding hydrogens is 190 g/mol. The van der Waals surface area contributed by atoms with Crippen LogP contribution < -0.4 is 5.32 Å². The smallest absolute Gasteiger partial charge is 0.0273 e. The van der Waals surface area contributed by atoms with Crippen LogP contribution in [0.1, 0.15) is 30.0 Å². The molecule has 2 heteroatoms. The SMILES string of the molecule is CCC(=Cc1ccc(CC)s1)CNC. The van der Waals surface area contributed by atoms with Gasteiger partial charge in [-0.1, -0.05) is 19.4 Å². The molecule has 0 aliphatic carbocycles. The molecular formula is C12H19NS. The van der Waals surface area contributed by atoms with Gasteiger partial charge >= 0.3 is 0 Å². The normalized spacial score (nSPS) is 12.1. The van der Waals surface area contributed by atoms with Crippen molar-refractivity contribution in [2.75, 3.05) is 13.6 Å². The van der Waals surface area contributed by atoms with Crippen LogP contribution >= 0.6 is 11.3 Å². The Labute approximate surface area is 90.9 Å². The van der Waals surface area contributed by atoms with Gasteiger partial charge in [-0.25, -0.2) is 0 Å². The van der Waals surface area contributed by atoms with Crippen LogP contribution in [0, 0.1) is 0 Å². The van der Waals surface area contributed by atoms with Crippen molar-refractivity contribution in [2.45, 2.75) is 26.7 Å². The highest BCUT2D eigenvalue weighted by Gasteiger charge is 1.97. The van der Waals surface area contributed by atoms with Gasteiger partial charge in [0, 0.05) is 16.3 Å². The molecule has 0 amide bonds. The molecule has 1 aromatic heterocycles. The highest BCUT2D eigenvalue weighted by molar-refractivity contribution is 7.12. The Morgan fingerprint density at radius 2 is 2.21 bits per heavy atom. The van der Waals surface area contributed by atoms with E-state index in [4.69, 9.17) is 0 Å². The highest BCUT2D eigenvalue weighted by Crippen LogP contribution is 2.20. The molecule has 1 N–H and O–H groups in total. The minimum Gasteiger partial charge on any atom is -0.316 e. The van der Waals surface area contributed by atoms with E-state index in [0.29, 0.717) is 0 Å². The first kappa shape index (κ1) is 11.5. The minimum atomic E-state index is 0.996. The Morgan fingerprint density at radius 3 is 2.71 bits per heavy atom.